The van der Waals surface area contributed by atoms with E-state index in [1.807, 2.05) is 22.9 Å². The number of rotatable bonds is 0. The molecule has 0 aromatic carbocycles. The third-order valence-corrected chi connectivity index (χ3v) is 3.18. The standard InChI is InChI=1S/C4H4S.C3H7P/c1-2-4-5-3-1;1-2-4-3-1/h1-4H;4H,1-3H2. The van der Waals surface area contributed by atoms with Crippen molar-refractivity contribution in [2.45, 2.75) is 6.42 Å². The first-order chi connectivity index (χ1) is 4.50. The lowest BCUT2D eigenvalue weighted by Crippen LogP contribution is -1.90. The maximum Gasteiger partial charge on any atom is -0.00934 e. The molecule has 0 nitrogen and oxygen atoms in total. The second kappa shape index (κ2) is 4.96. The fraction of sp³-hybridized carbons (Fsp3) is 0.429. The zero-order valence-electron chi connectivity index (χ0n) is 5.34. The van der Waals surface area contributed by atoms with Crippen LogP contribution in [0.3, 0.4) is 0 Å². The van der Waals surface area contributed by atoms with Gasteiger partial charge in [0.25, 0.3) is 0 Å². The van der Waals surface area contributed by atoms with E-state index in [9.17, 15) is 0 Å². The van der Waals surface area contributed by atoms with E-state index in [4.69, 9.17) is 0 Å². The molecular weight excluding hydrogens is 147 g/mol. The molecule has 2 heteroatoms. The van der Waals surface area contributed by atoms with Crippen molar-refractivity contribution in [1.29, 1.82) is 0 Å². The molecule has 1 saturated heterocycles. The van der Waals surface area contributed by atoms with Gasteiger partial charge < -0.3 is 0 Å². The molecule has 2 heterocycles. The van der Waals surface area contributed by atoms with Gasteiger partial charge in [-0.1, -0.05) is 12.1 Å². The van der Waals surface area contributed by atoms with E-state index in [-0.39, 0.29) is 0 Å². The Morgan fingerprint density at radius 1 is 1.11 bits per heavy atom. The molecule has 2 rings (SSSR count). The highest BCUT2D eigenvalue weighted by atomic mass is 32.1. The van der Waals surface area contributed by atoms with Crippen molar-refractivity contribution in [2.24, 2.45) is 0 Å². The first-order valence-electron chi connectivity index (χ1n) is 3.18. The van der Waals surface area contributed by atoms with Crippen LogP contribution < -0.4 is 0 Å². The second-order valence-electron chi connectivity index (χ2n) is 1.90. The summed E-state index contributed by atoms with van der Waals surface area (Å²) < 4.78 is 0. The first kappa shape index (κ1) is 7.24. The summed E-state index contributed by atoms with van der Waals surface area (Å²) in [6.07, 6.45) is 4.57. The van der Waals surface area contributed by atoms with Crippen LogP contribution in [-0.4, -0.2) is 12.3 Å². The molecule has 1 fully saturated rings. The maximum atomic E-state index is 2.04. The zero-order valence-corrected chi connectivity index (χ0v) is 7.16. The summed E-state index contributed by atoms with van der Waals surface area (Å²) in [5, 5.41) is 4.08. The van der Waals surface area contributed by atoms with Gasteiger partial charge in [0.15, 0.2) is 0 Å². The Bertz CT molecular complexity index is 100. The van der Waals surface area contributed by atoms with Crippen LogP contribution in [-0.2, 0) is 0 Å². The third kappa shape index (κ3) is 3.66. The highest BCUT2D eigenvalue weighted by Gasteiger charge is 1.94. The van der Waals surface area contributed by atoms with Crippen LogP contribution in [0.4, 0.5) is 0 Å². The summed E-state index contributed by atoms with van der Waals surface area (Å²) in [4.78, 5) is 0. The van der Waals surface area contributed by atoms with E-state index in [0.29, 0.717) is 0 Å². The van der Waals surface area contributed by atoms with Crippen LogP contribution >= 0.6 is 19.9 Å². The molecule has 1 aromatic rings. The van der Waals surface area contributed by atoms with E-state index >= 15 is 0 Å². The molecule has 0 N–H and O–H groups in total. The molecule has 50 valence electrons. The number of hydrogen-bond donors (Lipinski definition) is 0. The van der Waals surface area contributed by atoms with Crippen molar-refractivity contribution >= 4 is 19.9 Å². The first-order valence-corrected chi connectivity index (χ1v) is 5.54. The predicted octanol–water partition coefficient (Wildman–Crippen LogP) is 2.82. The third-order valence-electron chi connectivity index (χ3n) is 1.13. The SMILES string of the molecule is C1CPC1.c1ccsc1. The van der Waals surface area contributed by atoms with Gasteiger partial charge in [0.2, 0.25) is 0 Å². The van der Waals surface area contributed by atoms with E-state index in [1.165, 1.54) is 27.3 Å². The van der Waals surface area contributed by atoms with Crippen LogP contribution in [0.15, 0.2) is 22.9 Å². The summed E-state index contributed by atoms with van der Waals surface area (Å²) >= 11 is 1.71. The van der Waals surface area contributed by atoms with Gasteiger partial charge in [-0.05, 0) is 29.5 Å². The normalized spacial score (nSPS) is 15.1. The molecule has 0 atom stereocenters. The quantitative estimate of drug-likeness (QED) is 0.509. The van der Waals surface area contributed by atoms with Crippen molar-refractivity contribution in [1.82, 2.24) is 0 Å². The van der Waals surface area contributed by atoms with Crippen molar-refractivity contribution in [2.75, 3.05) is 12.3 Å². The molecule has 0 aliphatic carbocycles. The monoisotopic (exact) mass is 158 g/mol. The Morgan fingerprint density at radius 3 is 1.67 bits per heavy atom. The number of hydrogen-bond acceptors (Lipinski definition) is 1. The summed E-state index contributed by atoms with van der Waals surface area (Å²) in [7, 11) is 1.32. The average Bonchev–Trinajstić information content (AvgIpc) is 2.07. The second-order valence-corrected chi connectivity index (χ2v) is 4.21. The van der Waals surface area contributed by atoms with Gasteiger partial charge >= 0.3 is 0 Å². The highest BCUT2D eigenvalue weighted by molar-refractivity contribution is 7.39. The van der Waals surface area contributed by atoms with Crippen LogP contribution in [0.5, 0.6) is 0 Å². The molecule has 1 aliphatic rings. The van der Waals surface area contributed by atoms with E-state index < -0.39 is 0 Å². The van der Waals surface area contributed by atoms with Crippen LogP contribution in [0.25, 0.3) is 0 Å². The fourth-order valence-corrected chi connectivity index (χ4v) is 1.21. The van der Waals surface area contributed by atoms with Crippen molar-refractivity contribution in [3.8, 4) is 0 Å². The summed E-state index contributed by atoms with van der Waals surface area (Å²) in [6, 6.07) is 4.04. The fourth-order valence-electron chi connectivity index (χ4n) is 0.404. The Hall–Kier alpha value is 0.130. The minimum Gasteiger partial charge on any atom is -0.152 e. The van der Waals surface area contributed by atoms with Crippen LogP contribution in [0.2, 0.25) is 0 Å². The minimum absolute atomic E-state index is 1.32. The van der Waals surface area contributed by atoms with E-state index in [0.717, 1.165) is 0 Å². The molecule has 0 bridgehead atoms. The molecule has 1 aromatic heterocycles. The van der Waals surface area contributed by atoms with Gasteiger partial charge in [-0.15, -0.1) is 8.58 Å². The van der Waals surface area contributed by atoms with Gasteiger partial charge in [-0.3, -0.25) is 0 Å². The number of thiophene rings is 1. The molecule has 9 heavy (non-hydrogen) atoms. The van der Waals surface area contributed by atoms with E-state index in [1.54, 1.807) is 11.3 Å². The Morgan fingerprint density at radius 2 is 1.56 bits per heavy atom. The molecule has 0 radical (unpaired) electrons. The van der Waals surface area contributed by atoms with Gasteiger partial charge in [-0.25, -0.2) is 0 Å². The van der Waals surface area contributed by atoms with Crippen LogP contribution in [0.1, 0.15) is 6.42 Å². The average molecular weight is 158 g/mol. The van der Waals surface area contributed by atoms with Crippen LogP contribution in [0, 0.1) is 0 Å². The highest BCUT2D eigenvalue weighted by Crippen LogP contribution is 2.23. The molecule has 0 unspecified atom stereocenters. The summed E-state index contributed by atoms with van der Waals surface area (Å²) in [6.45, 7) is 0. The van der Waals surface area contributed by atoms with Gasteiger partial charge in [-0.2, -0.15) is 11.3 Å². The summed E-state index contributed by atoms with van der Waals surface area (Å²) in [5.74, 6) is 0. The minimum atomic E-state index is 1.32. The molecule has 0 saturated carbocycles. The van der Waals surface area contributed by atoms with Gasteiger partial charge in [0.05, 0.1) is 0 Å². The Labute approximate surface area is 62.1 Å². The molecule has 0 spiro atoms. The largest absolute Gasteiger partial charge is 0.152 e. The smallest absolute Gasteiger partial charge is 0.00934 e. The van der Waals surface area contributed by atoms with Gasteiger partial charge in [0.1, 0.15) is 0 Å². The Balaban J connectivity index is 0.0000000922. The topological polar surface area (TPSA) is 0 Å². The zero-order chi connectivity index (χ0) is 6.36. The predicted molar refractivity (Wildman–Crippen MR) is 47.0 cm³/mol. The summed E-state index contributed by atoms with van der Waals surface area (Å²) in [5.41, 5.74) is 0. The van der Waals surface area contributed by atoms with E-state index in [2.05, 4.69) is 0 Å². The van der Waals surface area contributed by atoms with Gasteiger partial charge in [0, 0.05) is 0 Å². The lowest BCUT2D eigenvalue weighted by molar-refractivity contribution is 1.04. The van der Waals surface area contributed by atoms with Crippen molar-refractivity contribution in [3.05, 3.63) is 22.9 Å². The molecule has 1 aliphatic heterocycles. The van der Waals surface area contributed by atoms with Crippen molar-refractivity contribution < 1.29 is 0 Å². The lowest BCUT2D eigenvalue weighted by Gasteiger charge is -2.06. The van der Waals surface area contributed by atoms with Crippen molar-refractivity contribution in [3.63, 3.8) is 0 Å². The molecule has 0 amide bonds. The Kier molecular flexibility index (Phi) is 3.99. The lowest BCUT2D eigenvalue weighted by atomic mass is 10.5. The molecular formula is C7H11PS. The maximum absolute atomic E-state index is 2.04.